The normalized spacial score (nSPS) is 10.2. The molecular formula is C18H18O4. The van der Waals surface area contributed by atoms with Crippen molar-refractivity contribution in [3.63, 3.8) is 0 Å². The number of rotatable bonds is 7. The van der Waals surface area contributed by atoms with Crippen LogP contribution in [-0.2, 0) is 4.79 Å². The highest BCUT2D eigenvalue weighted by molar-refractivity contribution is 5.85. The van der Waals surface area contributed by atoms with E-state index in [1.54, 1.807) is 6.07 Å². The summed E-state index contributed by atoms with van der Waals surface area (Å²) in [6.07, 6.45) is 0.884. The van der Waals surface area contributed by atoms with Gasteiger partial charge in [-0.1, -0.05) is 49.0 Å². The predicted octanol–water partition coefficient (Wildman–Crippen LogP) is 3.86. The standard InChI is InChI=1S/C18H18O4/c1-13(18(20)21)7-6-12-22-16-11-5-10-15(17(16)19)14-8-3-2-4-9-14/h2-5,8-11,19H,1,6-7,12H2,(H,20,21). The Morgan fingerprint density at radius 1 is 1.09 bits per heavy atom. The lowest BCUT2D eigenvalue weighted by molar-refractivity contribution is -0.132. The van der Waals surface area contributed by atoms with E-state index >= 15 is 0 Å². The number of benzene rings is 2. The Morgan fingerprint density at radius 2 is 1.82 bits per heavy atom. The van der Waals surface area contributed by atoms with Gasteiger partial charge in [0.1, 0.15) is 0 Å². The zero-order chi connectivity index (χ0) is 15.9. The van der Waals surface area contributed by atoms with Crippen molar-refractivity contribution in [2.24, 2.45) is 0 Å². The summed E-state index contributed by atoms with van der Waals surface area (Å²) in [7, 11) is 0. The Morgan fingerprint density at radius 3 is 2.50 bits per heavy atom. The van der Waals surface area contributed by atoms with E-state index in [1.165, 1.54) is 0 Å². The maximum atomic E-state index is 10.6. The number of aromatic hydroxyl groups is 1. The van der Waals surface area contributed by atoms with Gasteiger partial charge in [0.2, 0.25) is 0 Å². The van der Waals surface area contributed by atoms with Gasteiger partial charge in [-0.05, 0) is 24.5 Å². The zero-order valence-electron chi connectivity index (χ0n) is 12.2. The van der Waals surface area contributed by atoms with Crippen LogP contribution in [-0.4, -0.2) is 22.8 Å². The summed E-state index contributed by atoms with van der Waals surface area (Å²) < 4.78 is 5.55. The Kier molecular flexibility index (Phi) is 5.20. The van der Waals surface area contributed by atoms with Crippen LogP contribution in [0.25, 0.3) is 11.1 Å². The molecule has 0 saturated heterocycles. The summed E-state index contributed by atoms with van der Waals surface area (Å²) in [5.41, 5.74) is 1.77. The molecule has 0 aliphatic rings. The molecule has 0 aromatic heterocycles. The van der Waals surface area contributed by atoms with Crippen LogP contribution in [0.2, 0.25) is 0 Å². The number of hydrogen-bond acceptors (Lipinski definition) is 3. The molecule has 0 amide bonds. The summed E-state index contributed by atoms with van der Waals surface area (Å²) >= 11 is 0. The average Bonchev–Trinajstić information content (AvgIpc) is 2.53. The number of carbonyl (C=O) groups is 1. The molecule has 2 aromatic rings. The molecule has 0 fully saturated rings. The van der Waals surface area contributed by atoms with Crippen molar-refractivity contribution < 1.29 is 19.7 Å². The third-order valence-corrected chi connectivity index (χ3v) is 3.27. The molecule has 0 atom stereocenters. The van der Waals surface area contributed by atoms with E-state index in [-0.39, 0.29) is 11.3 Å². The second-order valence-corrected chi connectivity index (χ2v) is 4.88. The number of carboxylic acid groups (broad SMARTS) is 1. The molecule has 114 valence electrons. The summed E-state index contributed by atoms with van der Waals surface area (Å²) in [5.74, 6) is -0.512. The van der Waals surface area contributed by atoms with E-state index in [0.717, 1.165) is 5.56 Å². The first-order chi connectivity index (χ1) is 10.6. The molecule has 0 aliphatic carbocycles. The van der Waals surface area contributed by atoms with Gasteiger partial charge < -0.3 is 14.9 Å². The Bertz CT molecular complexity index is 662. The molecule has 2 N–H and O–H groups in total. The van der Waals surface area contributed by atoms with E-state index in [2.05, 4.69) is 6.58 Å². The smallest absolute Gasteiger partial charge is 0.330 e. The van der Waals surface area contributed by atoms with Crippen LogP contribution in [0.1, 0.15) is 12.8 Å². The molecule has 0 aliphatic heterocycles. The molecule has 0 radical (unpaired) electrons. The number of para-hydroxylation sites is 1. The lowest BCUT2D eigenvalue weighted by Gasteiger charge is -2.11. The molecule has 4 nitrogen and oxygen atoms in total. The van der Waals surface area contributed by atoms with Gasteiger partial charge in [0, 0.05) is 11.1 Å². The van der Waals surface area contributed by atoms with Crippen molar-refractivity contribution in [1.29, 1.82) is 0 Å². The minimum atomic E-state index is -0.992. The Labute approximate surface area is 129 Å². The third-order valence-electron chi connectivity index (χ3n) is 3.27. The van der Waals surface area contributed by atoms with Crippen molar-refractivity contribution in [1.82, 2.24) is 0 Å². The van der Waals surface area contributed by atoms with Gasteiger partial charge >= 0.3 is 5.97 Å². The van der Waals surface area contributed by atoms with Gasteiger partial charge in [-0.2, -0.15) is 0 Å². The van der Waals surface area contributed by atoms with E-state index in [4.69, 9.17) is 9.84 Å². The molecular weight excluding hydrogens is 280 g/mol. The predicted molar refractivity (Wildman–Crippen MR) is 85.0 cm³/mol. The van der Waals surface area contributed by atoms with Crippen molar-refractivity contribution >= 4 is 5.97 Å². The molecule has 4 heteroatoms. The van der Waals surface area contributed by atoms with Crippen LogP contribution in [0.3, 0.4) is 0 Å². The van der Waals surface area contributed by atoms with Crippen LogP contribution in [0.5, 0.6) is 11.5 Å². The van der Waals surface area contributed by atoms with Crippen LogP contribution >= 0.6 is 0 Å². The average molecular weight is 298 g/mol. The Hall–Kier alpha value is -2.75. The first kappa shape index (κ1) is 15.6. The summed E-state index contributed by atoms with van der Waals surface area (Å²) in [4.78, 5) is 10.6. The minimum Gasteiger partial charge on any atom is -0.504 e. The molecule has 0 bridgehead atoms. The van der Waals surface area contributed by atoms with Crippen molar-refractivity contribution in [2.45, 2.75) is 12.8 Å². The van der Waals surface area contributed by atoms with E-state index < -0.39 is 5.97 Å². The lowest BCUT2D eigenvalue weighted by atomic mass is 10.0. The van der Waals surface area contributed by atoms with Gasteiger partial charge in [0.25, 0.3) is 0 Å². The van der Waals surface area contributed by atoms with Crippen molar-refractivity contribution in [2.75, 3.05) is 6.61 Å². The second kappa shape index (κ2) is 7.31. The highest BCUT2D eigenvalue weighted by Gasteiger charge is 2.10. The zero-order valence-corrected chi connectivity index (χ0v) is 12.2. The molecule has 2 rings (SSSR count). The fourth-order valence-electron chi connectivity index (χ4n) is 2.06. The SMILES string of the molecule is C=C(CCCOc1cccc(-c2ccccc2)c1O)C(=O)O. The second-order valence-electron chi connectivity index (χ2n) is 4.88. The summed E-state index contributed by atoms with van der Waals surface area (Å²) in [5, 5.41) is 19.0. The molecule has 2 aromatic carbocycles. The number of ether oxygens (including phenoxy) is 1. The first-order valence-corrected chi connectivity index (χ1v) is 7.01. The Balaban J connectivity index is 2.01. The summed E-state index contributed by atoms with van der Waals surface area (Å²) in [6.45, 7) is 3.78. The number of carboxylic acids is 1. The van der Waals surface area contributed by atoms with Gasteiger partial charge in [-0.15, -0.1) is 0 Å². The maximum absolute atomic E-state index is 10.6. The van der Waals surface area contributed by atoms with Crippen LogP contribution in [0, 0.1) is 0 Å². The topological polar surface area (TPSA) is 66.8 Å². The largest absolute Gasteiger partial charge is 0.504 e. The van der Waals surface area contributed by atoms with Gasteiger partial charge in [0.15, 0.2) is 11.5 Å². The molecule has 22 heavy (non-hydrogen) atoms. The fourth-order valence-corrected chi connectivity index (χ4v) is 2.06. The minimum absolute atomic E-state index is 0.0887. The van der Waals surface area contributed by atoms with E-state index in [9.17, 15) is 9.90 Å². The van der Waals surface area contributed by atoms with Gasteiger partial charge in [-0.25, -0.2) is 4.79 Å². The number of hydrogen-bond donors (Lipinski definition) is 2. The van der Waals surface area contributed by atoms with Crippen molar-refractivity contribution in [3.05, 3.63) is 60.7 Å². The number of phenols is 1. The molecule has 0 spiro atoms. The highest BCUT2D eigenvalue weighted by atomic mass is 16.5. The van der Waals surface area contributed by atoms with Crippen molar-refractivity contribution in [3.8, 4) is 22.6 Å². The van der Waals surface area contributed by atoms with Crippen LogP contribution in [0.4, 0.5) is 0 Å². The van der Waals surface area contributed by atoms with Gasteiger partial charge in [-0.3, -0.25) is 0 Å². The maximum Gasteiger partial charge on any atom is 0.330 e. The van der Waals surface area contributed by atoms with Gasteiger partial charge in [0.05, 0.1) is 6.61 Å². The van der Waals surface area contributed by atoms with E-state index in [0.29, 0.717) is 30.8 Å². The first-order valence-electron chi connectivity index (χ1n) is 7.01. The molecule has 0 heterocycles. The quantitative estimate of drug-likeness (QED) is 0.601. The fraction of sp³-hybridized carbons (Fsp3) is 0.167. The van der Waals surface area contributed by atoms with Crippen LogP contribution in [0.15, 0.2) is 60.7 Å². The summed E-state index contributed by atoms with van der Waals surface area (Å²) in [6, 6.07) is 14.9. The molecule has 0 unspecified atom stereocenters. The van der Waals surface area contributed by atoms with E-state index in [1.807, 2.05) is 42.5 Å². The lowest BCUT2D eigenvalue weighted by Crippen LogP contribution is -2.03. The third kappa shape index (κ3) is 3.88. The monoisotopic (exact) mass is 298 g/mol. The highest BCUT2D eigenvalue weighted by Crippen LogP contribution is 2.36. The number of aliphatic carboxylic acids is 1. The molecule has 0 saturated carbocycles. The van der Waals surface area contributed by atoms with Crippen LogP contribution < -0.4 is 4.74 Å². The number of phenolic OH excluding ortho intramolecular Hbond substituents is 1.